The van der Waals surface area contributed by atoms with Crippen LogP contribution in [0.25, 0.3) is 0 Å². The molecule has 0 heterocycles. The van der Waals surface area contributed by atoms with Crippen LogP contribution in [-0.4, -0.2) is 17.3 Å². The van der Waals surface area contributed by atoms with Crippen LogP contribution in [0.4, 0.5) is 0 Å². The van der Waals surface area contributed by atoms with Gasteiger partial charge < -0.3 is 5.32 Å². The van der Waals surface area contributed by atoms with E-state index in [1.165, 1.54) is 0 Å². The molecule has 0 aliphatic heterocycles. The number of benzene rings is 1. The van der Waals surface area contributed by atoms with Gasteiger partial charge >= 0.3 is 0 Å². The molecule has 0 aromatic heterocycles. The predicted octanol–water partition coefficient (Wildman–Crippen LogP) is 4.34. The van der Waals surface area contributed by atoms with E-state index in [9.17, 15) is 4.79 Å². The van der Waals surface area contributed by atoms with E-state index in [1.54, 1.807) is 0 Å². The average Bonchev–Trinajstić information content (AvgIpc) is 2.48. The Morgan fingerprint density at radius 2 is 1.90 bits per heavy atom. The summed E-state index contributed by atoms with van der Waals surface area (Å²) in [5, 5.41) is 3.14. The van der Waals surface area contributed by atoms with Gasteiger partial charge in [0.05, 0.1) is 11.5 Å². The number of carbonyl (C=O) groups is 1. The molecule has 1 amide bonds. The third kappa shape index (κ3) is 4.24. The second kappa shape index (κ2) is 7.68. The quantitative estimate of drug-likeness (QED) is 0.745. The monoisotopic (exact) mass is 295 g/mol. The number of alkyl halides is 1. The summed E-state index contributed by atoms with van der Waals surface area (Å²) in [6.07, 6.45) is 1.79. The third-order valence-electron chi connectivity index (χ3n) is 4.15. The van der Waals surface area contributed by atoms with E-state index >= 15 is 0 Å². The molecule has 2 nitrogen and oxygen atoms in total. The van der Waals surface area contributed by atoms with Crippen molar-refractivity contribution in [1.29, 1.82) is 0 Å². The average molecular weight is 296 g/mol. The molecule has 20 heavy (non-hydrogen) atoms. The molecule has 0 radical (unpaired) electrons. The van der Waals surface area contributed by atoms with E-state index in [-0.39, 0.29) is 17.4 Å². The van der Waals surface area contributed by atoms with Gasteiger partial charge in [0.2, 0.25) is 5.91 Å². The maximum Gasteiger partial charge on any atom is 0.228 e. The lowest BCUT2D eigenvalue weighted by Crippen LogP contribution is -2.49. The van der Waals surface area contributed by atoms with Crippen molar-refractivity contribution >= 4 is 17.5 Å². The molecule has 0 saturated heterocycles. The Bertz CT molecular complexity index is 414. The fourth-order valence-electron chi connectivity index (χ4n) is 2.23. The van der Waals surface area contributed by atoms with Gasteiger partial charge in [-0.3, -0.25) is 4.79 Å². The largest absolute Gasteiger partial charge is 0.349 e. The summed E-state index contributed by atoms with van der Waals surface area (Å²) in [5.74, 6) is 0.691. The van der Waals surface area contributed by atoms with Gasteiger partial charge in [0.15, 0.2) is 0 Å². The van der Waals surface area contributed by atoms with Gasteiger partial charge in [-0.15, -0.1) is 11.6 Å². The highest BCUT2D eigenvalue weighted by Gasteiger charge is 2.31. The number of nitrogens with one attached hydrogen (secondary N) is 1. The first kappa shape index (κ1) is 17.0. The third-order valence-corrected chi connectivity index (χ3v) is 4.74. The van der Waals surface area contributed by atoms with Crippen molar-refractivity contribution in [2.45, 2.75) is 52.0 Å². The van der Waals surface area contributed by atoms with Crippen LogP contribution in [0.2, 0.25) is 0 Å². The Kier molecular flexibility index (Phi) is 6.54. The van der Waals surface area contributed by atoms with Gasteiger partial charge in [0, 0.05) is 5.88 Å². The van der Waals surface area contributed by atoms with Gasteiger partial charge in [0.25, 0.3) is 0 Å². The normalized spacial score (nSPS) is 17.1. The minimum atomic E-state index is -0.334. The van der Waals surface area contributed by atoms with Crippen LogP contribution in [0, 0.1) is 5.92 Å². The summed E-state index contributed by atoms with van der Waals surface area (Å²) in [4.78, 5) is 12.7. The van der Waals surface area contributed by atoms with Crippen molar-refractivity contribution in [1.82, 2.24) is 5.32 Å². The van der Waals surface area contributed by atoms with Gasteiger partial charge in [-0.1, -0.05) is 57.5 Å². The minimum Gasteiger partial charge on any atom is -0.349 e. The van der Waals surface area contributed by atoms with Crippen molar-refractivity contribution in [2.24, 2.45) is 5.92 Å². The Morgan fingerprint density at radius 3 is 2.35 bits per heavy atom. The lowest BCUT2D eigenvalue weighted by molar-refractivity contribution is -0.125. The molecule has 3 atom stereocenters. The zero-order valence-corrected chi connectivity index (χ0v) is 13.7. The Hall–Kier alpha value is -1.02. The molecule has 1 aromatic rings. The summed E-state index contributed by atoms with van der Waals surface area (Å²) in [6.45, 7) is 8.29. The molecule has 3 unspecified atom stereocenters. The number of amides is 1. The van der Waals surface area contributed by atoms with Crippen LogP contribution in [0.3, 0.4) is 0 Å². The first-order valence-electron chi connectivity index (χ1n) is 7.40. The van der Waals surface area contributed by atoms with Crippen molar-refractivity contribution in [3.63, 3.8) is 0 Å². The first-order chi connectivity index (χ1) is 9.47. The van der Waals surface area contributed by atoms with Crippen LogP contribution in [-0.2, 0) is 4.79 Å². The summed E-state index contributed by atoms with van der Waals surface area (Å²) in [5.41, 5.74) is 0.742. The van der Waals surface area contributed by atoms with E-state index < -0.39 is 0 Å². The lowest BCUT2D eigenvalue weighted by Gasteiger charge is -2.31. The molecular formula is C17H26ClNO. The standard InChI is InChI=1S/C17H26ClNO/c1-5-13(3)15(14-10-8-7-9-11-14)16(20)19-17(4,6-2)12-18/h7-11,13,15H,5-6,12H2,1-4H3,(H,19,20). The van der Waals surface area contributed by atoms with E-state index in [1.807, 2.05) is 44.2 Å². The second-order valence-corrected chi connectivity index (χ2v) is 6.08. The topological polar surface area (TPSA) is 29.1 Å². The molecule has 1 aromatic carbocycles. The van der Waals surface area contributed by atoms with Crippen LogP contribution < -0.4 is 5.32 Å². The van der Waals surface area contributed by atoms with Crippen LogP contribution in [0.1, 0.15) is 52.0 Å². The predicted molar refractivity (Wildman–Crippen MR) is 86.2 cm³/mol. The van der Waals surface area contributed by atoms with Gasteiger partial charge in [-0.05, 0) is 24.8 Å². The number of carbonyl (C=O) groups excluding carboxylic acids is 1. The number of hydrogen-bond donors (Lipinski definition) is 1. The van der Waals surface area contributed by atoms with Gasteiger partial charge in [-0.2, -0.15) is 0 Å². The van der Waals surface area contributed by atoms with Crippen molar-refractivity contribution in [3.8, 4) is 0 Å². The molecular weight excluding hydrogens is 270 g/mol. The lowest BCUT2D eigenvalue weighted by atomic mass is 9.84. The summed E-state index contributed by atoms with van der Waals surface area (Å²) in [6, 6.07) is 10.0. The maximum absolute atomic E-state index is 12.7. The van der Waals surface area contributed by atoms with Crippen molar-refractivity contribution < 1.29 is 4.79 Å². The number of halogens is 1. The molecule has 0 spiro atoms. The number of rotatable bonds is 7. The summed E-state index contributed by atoms with van der Waals surface area (Å²) >= 11 is 6.00. The fourth-order valence-corrected chi connectivity index (χ4v) is 2.48. The highest BCUT2D eigenvalue weighted by Crippen LogP contribution is 2.28. The smallest absolute Gasteiger partial charge is 0.228 e. The zero-order valence-electron chi connectivity index (χ0n) is 12.9. The summed E-state index contributed by atoms with van der Waals surface area (Å²) in [7, 11) is 0. The van der Waals surface area contributed by atoms with E-state index in [0.29, 0.717) is 11.8 Å². The second-order valence-electron chi connectivity index (χ2n) is 5.81. The highest BCUT2D eigenvalue weighted by molar-refractivity contribution is 6.18. The SMILES string of the molecule is CCC(C)C(C(=O)NC(C)(CC)CCl)c1ccccc1. The molecule has 0 saturated carbocycles. The van der Waals surface area contributed by atoms with E-state index in [2.05, 4.69) is 19.2 Å². The molecule has 112 valence electrons. The van der Waals surface area contributed by atoms with Crippen LogP contribution >= 0.6 is 11.6 Å². The van der Waals surface area contributed by atoms with E-state index in [4.69, 9.17) is 11.6 Å². The molecule has 0 aliphatic carbocycles. The molecule has 1 rings (SSSR count). The maximum atomic E-state index is 12.7. The fraction of sp³-hybridized carbons (Fsp3) is 0.588. The molecule has 0 fully saturated rings. The Balaban J connectivity index is 2.98. The Labute approximate surface area is 127 Å². The van der Waals surface area contributed by atoms with Gasteiger partial charge in [-0.25, -0.2) is 0 Å². The van der Waals surface area contributed by atoms with Crippen molar-refractivity contribution in [2.75, 3.05) is 5.88 Å². The van der Waals surface area contributed by atoms with Crippen LogP contribution in [0.15, 0.2) is 30.3 Å². The van der Waals surface area contributed by atoms with Crippen LogP contribution in [0.5, 0.6) is 0 Å². The number of hydrogen-bond acceptors (Lipinski definition) is 1. The minimum absolute atomic E-state index is 0.0792. The van der Waals surface area contributed by atoms with Gasteiger partial charge in [0.1, 0.15) is 0 Å². The first-order valence-corrected chi connectivity index (χ1v) is 7.93. The molecule has 0 bridgehead atoms. The van der Waals surface area contributed by atoms with Crippen molar-refractivity contribution in [3.05, 3.63) is 35.9 Å². The molecule has 1 N–H and O–H groups in total. The summed E-state index contributed by atoms with van der Waals surface area (Å²) < 4.78 is 0. The van der Waals surface area contributed by atoms with E-state index in [0.717, 1.165) is 18.4 Å². The Morgan fingerprint density at radius 1 is 1.30 bits per heavy atom. The highest BCUT2D eigenvalue weighted by atomic mass is 35.5. The molecule has 0 aliphatic rings. The zero-order chi connectivity index (χ0) is 15.2. The molecule has 3 heteroatoms.